The molecule has 1 N–H and O–H groups in total. The summed E-state index contributed by atoms with van der Waals surface area (Å²) < 4.78 is 19.8. The molecule has 0 aromatic heterocycles. The Balaban J connectivity index is 1.66. The Morgan fingerprint density at radius 2 is 2.16 bits per heavy atom. The van der Waals surface area contributed by atoms with Crippen molar-refractivity contribution >= 4 is 5.69 Å². The summed E-state index contributed by atoms with van der Waals surface area (Å²) in [4.78, 5) is 2.11. The first kappa shape index (κ1) is 12.7. The van der Waals surface area contributed by atoms with Crippen LogP contribution >= 0.6 is 0 Å². The fraction of sp³-hybridized carbons (Fsp3) is 0.600. The Hall–Kier alpha value is -1.29. The standard InChI is InChI=1S/C15H21FN2O/c16-14-10-13(19-11-12-2-3-12)4-5-15(14)18-8-1-6-17-7-9-18/h4-5,10,12,17H,1-3,6-9,11H2. The maximum absolute atomic E-state index is 14.2. The molecule has 0 radical (unpaired) electrons. The topological polar surface area (TPSA) is 24.5 Å². The van der Waals surface area contributed by atoms with Gasteiger partial charge in [0.1, 0.15) is 11.6 Å². The molecule has 1 aliphatic carbocycles. The van der Waals surface area contributed by atoms with Gasteiger partial charge in [0, 0.05) is 25.7 Å². The minimum atomic E-state index is -0.171. The number of hydrogen-bond donors (Lipinski definition) is 1. The second kappa shape index (κ2) is 5.78. The predicted octanol–water partition coefficient (Wildman–Crippen LogP) is 2.41. The van der Waals surface area contributed by atoms with Crippen molar-refractivity contribution in [3.63, 3.8) is 0 Å². The van der Waals surface area contributed by atoms with E-state index in [1.54, 1.807) is 0 Å². The van der Waals surface area contributed by atoms with Gasteiger partial charge >= 0.3 is 0 Å². The van der Waals surface area contributed by atoms with Gasteiger partial charge < -0.3 is 15.0 Å². The van der Waals surface area contributed by atoms with E-state index in [0.717, 1.165) is 39.2 Å². The highest BCUT2D eigenvalue weighted by molar-refractivity contribution is 5.50. The molecule has 0 bridgehead atoms. The third-order valence-corrected chi connectivity index (χ3v) is 3.78. The predicted molar refractivity (Wildman–Crippen MR) is 74.3 cm³/mol. The van der Waals surface area contributed by atoms with Gasteiger partial charge in [0.2, 0.25) is 0 Å². The average Bonchev–Trinajstić information content (AvgIpc) is 3.24. The zero-order valence-corrected chi connectivity index (χ0v) is 11.2. The van der Waals surface area contributed by atoms with Crippen molar-refractivity contribution in [1.29, 1.82) is 0 Å². The summed E-state index contributed by atoms with van der Waals surface area (Å²) in [6.45, 7) is 4.43. The molecular formula is C15H21FN2O. The first-order valence-corrected chi connectivity index (χ1v) is 7.21. The number of nitrogens with zero attached hydrogens (tertiary/aromatic N) is 1. The molecule has 104 valence electrons. The molecule has 1 aliphatic heterocycles. The SMILES string of the molecule is Fc1cc(OCC2CC2)ccc1N1CCCNCC1. The van der Waals surface area contributed by atoms with Crippen LogP contribution in [0.5, 0.6) is 5.75 Å². The van der Waals surface area contributed by atoms with Crippen LogP contribution < -0.4 is 15.0 Å². The molecule has 3 rings (SSSR count). The van der Waals surface area contributed by atoms with Gasteiger partial charge in [-0.05, 0) is 43.9 Å². The minimum Gasteiger partial charge on any atom is -0.493 e. The first-order chi connectivity index (χ1) is 9.33. The molecule has 1 saturated carbocycles. The molecule has 4 heteroatoms. The summed E-state index contributed by atoms with van der Waals surface area (Å²) in [6.07, 6.45) is 3.56. The third-order valence-electron chi connectivity index (χ3n) is 3.78. The number of nitrogens with one attached hydrogen (secondary N) is 1. The zero-order chi connectivity index (χ0) is 13.1. The lowest BCUT2D eigenvalue weighted by Gasteiger charge is -2.23. The molecule has 1 aromatic carbocycles. The fourth-order valence-electron chi connectivity index (χ4n) is 2.42. The molecule has 19 heavy (non-hydrogen) atoms. The van der Waals surface area contributed by atoms with Crippen molar-refractivity contribution in [2.75, 3.05) is 37.7 Å². The Morgan fingerprint density at radius 3 is 2.95 bits per heavy atom. The van der Waals surface area contributed by atoms with E-state index < -0.39 is 0 Å². The van der Waals surface area contributed by atoms with E-state index in [-0.39, 0.29) is 5.82 Å². The number of rotatable bonds is 4. The molecule has 0 spiro atoms. The third kappa shape index (κ3) is 3.38. The Kier molecular flexibility index (Phi) is 3.87. The molecule has 1 saturated heterocycles. The van der Waals surface area contributed by atoms with E-state index in [1.807, 2.05) is 12.1 Å². The van der Waals surface area contributed by atoms with Gasteiger partial charge in [-0.15, -0.1) is 0 Å². The van der Waals surface area contributed by atoms with Crippen molar-refractivity contribution in [3.8, 4) is 5.75 Å². The van der Waals surface area contributed by atoms with Crippen molar-refractivity contribution in [3.05, 3.63) is 24.0 Å². The van der Waals surface area contributed by atoms with Crippen LogP contribution in [0.2, 0.25) is 0 Å². The van der Waals surface area contributed by atoms with Gasteiger partial charge in [0.15, 0.2) is 0 Å². The summed E-state index contributed by atoms with van der Waals surface area (Å²) in [7, 11) is 0. The van der Waals surface area contributed by atoms with Gasteiger partial charge in [-0.2, -0.15) is 0 Å². The maximum Gasteiger partial charge on any atom is 0.150 e. The molecule has 0 atom stereocenters. The molecule has 1 heterocycles. The number of benzene rings is 1. The number of ether oxygens (including phenoxy) is 1. The summed E-state index contributed by atoms with van der Waals surface area (Å²) in [5.74, 6) is 1.18. The van der Waals surface area contributed by atoms with Crippen molar-refractivity contribution in [1.82, 2.24) is 5.32 Å². The maximum atomic E-state index is 14.2. The van der Waals surface area contributed by atoms with Crippen molar-refractivity contribution in [2.24, 2.45) is 5.92 Å². The molecule has 1 aromatic rings. The lowest BCUT2D eigenvalue weighted by atomic mass is 10.2. The summed E-state index contributed by atoms with van der Waals surface area (Å²) in [6, 6.07) is 5.26. The lowest BCUT2D eigenvalue weighted by Crippen LogP contribution is -2.28. The number of anilines is 1. The van der Waals surface area contributed by atoms with E-state index in [4.69, 9.17) is 4.74 Å². The minimum absolute atomic E-state index is 0.171. The zero-order valence-electron chi connectivity index (χ0n) is 11.2. The van der Waals surface area contributed by atoms with Crippen LogP contribution in [0, 0.1) is 11.7 Å². The second-order valence-electron chi connectivity index (χ2n) is 5.46. The van der Waals surface area contributed by atoms with Crippen LogP contribution in [0.4, 0.5) is 10.1 Å². The van der Waals surface area contributed by atoms with E-state index in [0.29, 0.717) is 17.4 Å². The number of halogens is 1. The Labute approximate surface area is 113 Å². The highest BCUT2D eigenvalue weighted by Crippen LogP contribution is 2.30. The van der Waals surface area contributed by atoms with Gasteiger partial charge in [-0.25, -0.2) is 4.39 Å². The highest BCUT2D eigenvalue weighted by Gasteiger charge is 2.22. The van der Waals surface area contributed by atoms with Crippen LogP contribution in [0.25, 0.3) is 0 Å². The van der Waals surface area contributed by atoms with Crippen LogP contribution in [0.1, 0.15) is 19.3 Å². The summed E-state index contributed by atoms with van der Waals surface area (Å²) in [5, 5.41) is 3.33. The highest BCUT2D eigenvalue weighted by atomic mass is 19.1. The van der Waals surface area contributed by atoms with E-state index in [2.05, 4.69) is 10.2 Å². The monoisotopic (exact) mass is 264 g/mol. The van der Waals surface area contributed by atoms with E-state index in [9.17, 15) is 4.39 Å². The summed E-state index contributed by atoms with van der Waals surface area (Å²) in [5.41, 5.74) is 0.697. The molecule has 2 aliphatic rings. The number of hydrogen-bond acceptors (Lipinski definition) is 3. The normalized spacial score (nSPS) is 20.2. The molecular weight excluding hydrogens is 243 g/mol. The van der Waals surface area contributed by atoms with Gasteiger partial charge in [0.25, 0.3) is 0 Å². The average molecular weight is 264 g/mol. The Morgan fingerprint density at radius 1 is 1.26 bits per heavy atom. The van der Waals surface area contributed by atoms with Gasteiger partial charge in [-0.1, -0.05) is 0 Å². The second-order valence-corrected chi connectivity index (χ2v) is 5.46. The van der Waals surface area contributed by atoms with Crippen molar-refractivity contribution < 1.29 is 9.13 Å². The summed E-state index contributed by atoms with van der Waals surface area (Å²) >= 11 is 0. The molecule has 2 fully saturated rings. The van der Waals surface area contributed by atoms with E-state index >= 15 is 0 Å². The molecule has 0 unspecified atom stereocenters. The van der Waals surface area contributed by atoms with Crippen LogP contribution in [-0.4, -0.2) is 32.8 Å². The first-order valence-electron chi connectivity index (χ1n) is 7.21. The lowest BCUT2D eigenvalue weighted by molar-refractivity contribution is 0.298. The van der Waals surface area contributed by atoms with Crippen molar-refractivity contribution in [2.45, 2.75) is 19.3 Å². The Bertz CT molecular complexity index is 426. The van der Waals surface area contributed by atoms with Crippen LogP contribution in [-0.2, 0) is 0 Å². The van der Waals surface area contributed by atoms with Gasteiger partial charge in [-0.3, -0.25) is 0 Å². The fourth-order valence-corrected chi connectivity index (χ4v) is 2.42. The van der Waals surface area contributed by atoms with Gasteiger partial charge in [0.05, 0.1) is 12.3 Å². The largest absolute Gasteiger partial charge is 0.493 e. The quantitative estimate of drug-likeness (QED) is 0.904. The molecule has 3 nitrogen and oxygen atoms in total. The van der Waals surface area contributed by atoms with Crippen LogP contribution in [0.3, 0.4) is 0 Å². The van der Waals surface area contributed by atoms with E-state index in [1.165, 1.54) is 18.9 Å². The smallest absolute Gasteiger partial charge is 0.150 e. The van der Waals surface area contributed by atoms with Crippen LogP contribution in [0.15, 0.2) is 18.2 Å². The molecule has 0 amide bonds.